The summed E-state index contributed by atoms with van der Waals surface area (Å²) < 4.78 is 0. The fourth-order valence-corrected chi connectivity index (χ4v) is 2.02. The van der Waals surface area contributed by atoms with Crippen LogP contribution in [-0.2, 0) is 4.79 Å². The van der Waals surface area contributed by atoms with Crippen LogP contribution in [0.5, 0.6) is 0 Å². The largest absolute Gasteiger partial charge is 0.320 e. The number of hydrogen-bond acceptors (Lipinski definition) is 1. The van der Waals surface area contributed by atoms with Crippen LogP contribution in [0.15, 0.2) is 12.8 Å². The maximum absolute atomic E-state index is 11.9. The van der Waals surface area contributed by atoms with Gasteiger partial charge in [0.1, 0.15) is 0 Å². The molecule has 2 heteroatoms. The smallest absolute Gasteiger partial charge is 0.226 e. The Hall–Kier alpha value is -0.790. The van der Waals surface area contributed by atoms with Crippen molar-refractivity contribution in [2.24, 2.45) is 0 Å². The predicted octanol–water partition coefficient (Wildman–Crippen LogP) is 4.90. The minimum Gasteiger partial charge on any atom is -0.320 e. The highest BCUT2D eigenvalue weighted by Crippen LogP contribution is 2.10. The first-order valence-electron chi connectivity index (χ1n) is 7.68. The van der Waals surface area contributed by atoms with Gasteiger partial charge in [0, 0.05) is 13.0 Å². The molecule has 0 aliphatic carbocycles. The average molecular weight is 253 g/mol. The Morgan fingerprint density at radius 2 is 1.50 bits per heavy atom. The van der Waals surface area contributed by atoms with Gasteiger partial charge in [0.15, 0.2) is 0 Å². The van der Waals surface area contributed by atoms with E-state index in [1.807, 2.05) is 0 Å². The number of amides is 1. The summed E-state index contributed by atoms with van der Waals surface area (Å²) in [5.41, 5.74) is 0. The second-order valence-electron chi connectivity index (χ2n) is 4.99. The van der Waals surface area contributed by atoms with Gasteiger partial charge >= 0.3 is 0 Å². The summed E-state index contributed by atoms with van der Waals surface area (Å²) in [6, 6.07) is 0. The van der Waals surface area contributed by atoms with Gasteiger partial charge in [0.05, 0.1) is 0 Å². The Bertz CT molecular complexity index is 213. The number of carbonyl (C=O) groups excluding carboxylic acids is 1. The van der Waals surface area contributed by atoms with Crippen molar-refractivity contribution in [2.45, 2.75) is 78.1 Å². The molecule has 0 saturated heterocycles. The van der Waals surface area contributed by atoms with Gasteiger partial charge in [0.2, 0.25) is 5.91 Å². The molecule has 0 spiro atoms. The van der Waals surface area contributed by atoms with Crippen molar-refractivity contribution in [1.82, 2.24) is 4.90 Å². The molecule has 0 rings (SSSR count). The lowest BCUT2D eigenvalue weighted by Gasteiger charge is -2.17. The van der Waals surface area contributed by atoms with Crippen LogP contribution in [0.25, 0.3) is 0 Å². The second kappa shape index (κ2) is 12.7. The summed E-state index contributed by atoms with van der Waals surface area (Å²) in [5, 5.41) is 0. The molecule has 0 unspecified atom stereocenters. The molecule has 0 aliphatic rings. The van der Waals surface area contributed by atoms with Crippen LogP contribution in [0.4, 0.5) is 0 Å². The van der Waals surface area contributed by atoms with E-state index in [0.29, 0.717) is 6.42 Å². The van der Waals surface area contributed by atoms with Crippen molar-refractivity contribution in [3.63, 3.8) is 0 Å². The lowest BCUT2D eigenvalue weighted by Crippen LogP contribution is -2.26. The number of unbranched alkanes of at least 4 members (excludes halogenated alkanes) is 7. The summed E-state index contributed by atoms with van der Waals surface area (Å²) >= 11 is 0. The van der Waals surface area contributed by atoms with Gasteiger partial charge in [-0.15, -0.1) is 0 Å². The number of nitrogens with zero attached hydrogens (tertiary/aromatic N) is 1. The Morgan fingerprint density at radius 1 is 0.944 bits per heavy atom. The topological polar surface area (TPSA) is 20.3 Å². The molecule has 0 heterocycles. The maximum atomic E-state index is 11.9. The minimum atomic E-state index is 0.243. The van der Waals surface area contributed by atoms with Gasteiger partial charge < -0.3 is 4.90 Å². The molecule has 18 heavy (non-hydrogen) atoms. The zero-order valence-corrected chi connectivity index (χ0v) is 12.4. The monoisotopic (exact) mass is 253 g/mol. The molecule has 0 aromatic rings. The van der Waals surface area contributed by atoms with Gasteiger partial charge in [-0.2, -0.15) is 0 Å². The van der Waals surface area contributed by atoms with Crippen LogP contribution in [0.1, 0.15) is 78.1 Å². The fraction of sp³-hybridized carbons (Fsp3) is 0.812. The van der Waals surface area contributed by atoms with Crippen LogP contribution in [0.3, 0.4) is 0 Å². The Balaban J connectivity index is 3.52. The van der Waals surface area contributed by atoms with E-state index in [-0.39, 0.29) is 5.91 Å². The molecule has 0 atom stereocenters. The van der Waals surface area contributed by atoms with Crippen molar-refractivity contribution in [3.8, 4) is 0 Å². The number of carbonyl (C=O) groups is 1. The molecule has 1 amide bonds. The van der Waals surface area contributed by atoms with E-state index < -0.39 is 0 Å². The van der Waals surface area contributed by atoms with Crippen LogP contribution in [-0.4, -0.2) is 17.4 Å². The molecule has 0 saturated carbocycles. The Morgan fingerprint density at radius 3 is 2.06 bits per heavy atom. The highest BCUT2D eigenvalue weighted by atomic mass is 16.2. The van der Waals surface area contributed by atoms with Gasteiger partial charge in [0.25, 0.3) is 0 Å². The third-order valence-corrected chi connectivity index (χ3v) is 3.29. The predicted molar refractivity (Wildman–Crippen MR) is 79.4 cm³/mol. The van der Waals surface area contributed by atoms with Gasteiger partial charge in [-0.05, 0) is 19.0 Å². The third-order valence-electron chi connectivity index (χ3n) is 3.29. The molecule has 106 valence electrons. The molecule has 0 fully saturated rings. The Kier molecular flexibility index (Phi) is 12.1. The fourth-order valence-electron chi connectivity index (χ4n) is 2.02. The highest BCUT2D eigenvalue weighted by molar-refractivity contribution is 5.77. The molecule has 0 aromatic carbocycles. The Labute approximate surface area is 113 Å². The lowest BCUT2D eigenvalue weighted by molar-refractivity contribution is -0.128. The summed E-state index contributed by atoms with van der Waals surface area (Å²) in [4.78, 5) is 13.6. The molecule has 0 radical (unpaired) electrons. The third kappa shape index (κ3) is 9.26. The summed E-state index contributed by atoms with van der Waals surface area (Å²) in [6.45, 7) is 8.92. The zero-order chi connectivity index (χ0) is 13.6. The maximum Gasteiger partial charge on any atom is 0.226 e. The van der Waals surface area contributed by atoms with Crippen molar-refractivity contribution < 1.29 is 4.79 Å². The molecule has 0 bridgehead atoms. The first-order valence-corrected chi connectivity index (χ1v) is 7.68. The van der Waals surface area contributed by atoms with Crippen molar-refractivity contribution in [3.05, 3.63) is 12.8 Å². The van der Waals surface area contributed by atoms with E-state index in [4.69, 9.17) is 0 Å². The minimum absolute atomic E-state index is 0.243. The molecule has 2 nitrogen and oxygen atoms in total. The number of hydrogen-bond donors (Lipinski definition) is 0. The summed E-state index contributed by atoms with van der Waals surface area (Å²) in [7, 11) is 0. The summed E-state index contributed by atoms with van der Waals surface area (Å²) in [6.07, 6.45) is 13.4. The first kappa shape index (κ1) is 17.2. The molecular weight excluding hydrogens is 222 g/mol. The van der Waals surface area contributed by atoms with E-state index >= 15 is 0 Å². The van der Waals surface area contributed by atoms with E-state index in [2.05, 4.69) is 20.4 Å². The highest BCUT2D eigenvalue weighted by Gasteiger charge is 2.08. The normalized spacial score (nSPS) is 10.3. The summed E-state index contributed by atoms with van der Waals surface area (Å²) in [5.74, 6) is 0.243. The van der Waals surface area contributed by atoms with E-state index in [1.165, 1.54) is 38.5 Å². The van der Waals surface area contributed by atoms with E-state index in [1.54, 1.807) is 11.1 Å². The standard InChI is InChI=1S/C16H31NO/c1-4-7-9-10-11-12-13-14-16(18)17(6-3)15-8-5-2/h6H,3-5,7-15H2,1-2H3. The number of rotatable bonds is 12. The zero-order valence-electron chi connectivity index (χ0n) is 12.4. The lowest BCUT2D eigenvalue weighted by atomic mass is 10.1. The van der Waals surface area contributed by atoms with Crippen LogP contribution in [0, 0.1) is 0 Å². The quantitative estimate of drug-likeness (QED) is 0.453. The molecule has 0 N–H and O–H groups in total. The first-order chi connectivity index (χ1) is 8.76. The van der Waals surface area contributed by atoms with Crippen LogP contribution < -0.4 is 0 Å². The van der Waals surface area contributed by atoms with Gasteiger partial charge in [-0.3, -0.25) is 4.79 Å². The van der Waals surface area contributed by atoms with Crippen molar-refractivity contribution >= 4 is 5.91 Å². The van der Waals surface area contributed by atoms with Crippen molar-refractivity contribution in [1.29, 1.82) is 0 Å². The SMILES string of the molecule is C=CN(CCCC)C(=O)CCCCCCCCC. The molecular formula is C16H31NO. The van der Waals surface area contributed by atoms with Crippen LogP contribution >= 0.6 is 0 Å². The van der Waals surface area contributed by atoms with E-state index in [9.17, 15) is 4.79 Å². The van der Waals surface area contributed by atoms with Crippen molar-refractivity contribution in [2.75, 3.05) is 6.54 Å². The van der Waals surface area contributed by atoms with Gasteiger partial charge in [-0.1, -0.05) is 65.4 Å². The van der Waals surface area contributed by atoms with E-state index in [0.717, 1.165) is 25.8 Å². The molecule has 0 aliphatic heterocycles. The van der Waals surface area contributed by atoms with Gasteiger partial charge in [-0.25, -0.2) is 0 Å². The average Bonchev–Trinajstić information content (AvgIpc) is 2.38. The molecule has 0 aromatic heterocycles. The second-order valence-corrected chi connectivity index (χ2v) is 4.99. The van der Waals surface area contributed by atoms with Crippen LogP contribution in [0.2, 0.25) is 0 Å².